The molecule has 0 radical (unpaired) electrons. The van der Waals surface area contributed by atoms with Crippen LogP contribution in [-0.2, 0) is 0 Å². The van der Waals surface area contributed by atoms with Gasteiger partial charge in [-0.3, -0.25) is 9.89 Å². The molecule has 94 valence electrons. The van der Waals surface area contributed by atoms with E-state index in [0.29, 0.717) is 16.4 Å². The van der Waals surface area contributed by atoms with E-state index in [9.17, 15) is 4.79 Å². The van der Waals surface area contributed by atoms with Crippen LogP contribution < -0.4 is 5.32 Å². The van der Waals surface area contributed by atoms with E-state index in [1.807, 2.05) is 18.2 Å². The third kappa shape index (κ3) is 2.41. The smallest absolute Gasteiger partial charge is 0.257 e. The van der Waals surface area contributed by atoms with Crippen molar-refractivity contribution < 1.29 is 4.79 Å². The molecule has 2 aromatic heterocycles. The number of pyridine rings is 1. The third-order valence-electron chi connectivity index (χ3n) is 2.69. The first-order chi connectivity index (χ1) is 9.22. The summed E-state index contributed by atoms with van der Waals surface area (Å²) in [5, 5.41) is 10.9. The first kappa shape index (κ1) is 11.7. The molecule has 0 saturated carbocycles. The van der Waals surface area contributed by atoms with Gasteiger partial charge in [0.1, 0.15) is 5.15 Å². The van der Waals surface area contributed by atoms with Crippen molar-refractivity contribution in [3.05, 3.63) is 53.4 Å². The van der Waals surface area contributed by atoms with Crippen molar-refractivity contribution in [2.24, 2.45) is 0 Å². The van der Waals surface area contributed by atoms with Crippen molar-refractivity contribution in [2.75, 3.05) is 5.32 Å². The molecule has 6 heteroatoms. The summed E-state index contributed by atoms with van der Waals surface area (Å²) in [6, 6.07) is 8.73. The van der Waals surface area contributed by atoms with Crippen molar-refractivity contribution >= 4 is 34.1 Å². The number of rotatable bonds is 2. The quantitative estimate of drug-likeness (QED) is 0.705. The second-order valence-electron chi connectivity index (χ2n) is 4.00. The molecule has 19 heavy (non-hydrogen) atoms. The van der Waals surface area contributed by atoms with E-state index in [1.165, 1.54) is 6.20 Å². The molecule has 0 aliphatic rings. The summed E-state index contributed by atoms with van der Waals surface area (Å²) in [6.07, 6.45) is 3.16. The molecule has 0 unspecified atom stereocenters. The van der Waals surface area contributed by atoms with Gasteiger partial charge < -0.3 is 5.32 Å². The van der Waals surface area contributed by atoms with E-state index >= 15 is 0 Å². The van der Waals surface area contributed by atoms with E-state index in [0.717, 1.165) is 10.9 Å². The van der Waals surface area contributed by atoms with Crippen LogP contribution in [0.2, 0.25) is 5.15 Å². The number of aromatic nitrogens is 3. The number of fused-ring (bicyclic) bond motifs is 1. The molecule has 3 aromatic rings. The predicted molar refractivity (Wildman–Crippen MR) is 73.3 cm³/mol. The van der Waals surface area contributed by atoms with Crippen LogP contribution in [0.25, 0.3) is 10.9 Å². The first-order valence-corrected chi connectivity index (χ1v) is 5.96. The number of amides is 1. The predicted octanol–water partition coefficient (Wildman–Crippen LogP) is 2.86. The molecule has 0 aliphatic heterocycles. The number of anilines is 1. The standard InChI is InChI=1S/C13H9ClN4O/c14-12-4-2-9(6-15-12)13(19)17-10-3-1-8-7-16-18-11(8)5-10/h1-7H,(H,16,18)(H,17,19). The summed E-state index contributed by atoms with van der Waals surface area (Å²) in [7, 11) is 0. The third-order valence-corrected chi connectivity index (χ3v) is 2.91. The van der Waals surface area contributed by atoms with Crippen molar-refractivity contribution in [1.82, 2.24) is 15.2 Å². The molecular weight excluding hydrogens is 264 g/mol. The van der Waals surface area contributed by atoms with Crippen molar-refractivity contribution in [3.8, 4) is 0 Å². The number of hydrogen-bond acceptors (Lipinski definition) is 3. The molecule has 2 heterocycles. The first-order valence-electron chi connectivity index (χ1n) is 5.58. The fourth-order valence-corrected chi connectivity index (χ4v) is 1.84. The monoisotopic (exact) mass is 272 g/mol. The Morgan fingerprint density at radius 2 is 2.11 bits per heavy atom. The van der Waals surface area contributed by atoms with Gasteiger partial charge in [-0.05, 0) is 30.3 Å². The lowest BCUT2D eigenvalue weighted by Gasteiger charge is -2.05. The second kappa shape index (κ2) is 4.70. The SMILES string of the molecule is O=C(Nc1ccc2cn[nH]c2c1)c1ccc(Cl)nc1. The summed E-state index contributed by atoms with van der Waals surface area (Å²) in [6.45, 7) is 0. The molecular formula is C13H9ClN4O. The maximum absolute atomic E-state index is 12.0. The Kier molecular flexibility index (Phi) is 2.89. The Morgan fingerprint density at radius 3 is 2.89 bits per heavy atom. The Labute approximate surface area is 113 Å². The molecule has 0 saturated heterocycles. The number of H-pyrrole nitrogens is 1. The van der Waals surface area contributed by atoms with Crippen molar-refractivity contribution in [1.29, 1.82) is 0 Å². The average molecular weight is 273 g/mol. The van der Waals surface area contributed by atoms with Gasteiger partial charge >= 0.3 is 0 Å². The van der Waals surface area contributed by atoms with Crippen LogP contribution in [0.3, 0.4) is 0 Å². The number of nitrogens with zero attached hydrogens (tertiary/aromatic N) is 2. The van der Waals surface area contributed by atoms with Gasteiger partial charge in [0.2, 0.25) is 0 Å². The summed E-state index contributed by atoms with van der Waals surface area (Å²) in [4.78, 5) is 15.9. The molecule has 2 N–H and O–H groups in total. The molecule has 3 rings (SSSR count). The number of halogens is 1. The molecule has 1 amide bonds. The molecule has 1 aromatic carbocycles. The molecule has 5 nitrogen and oxygen atoms in total. The maximum Gasteiger partial charge on any atom is 0.257 e. The molecule has 0 bridgehead atoms. The van der Waals surface area contributed by atoms with Crippen LogP contribution in [0.4, 0.5) is 5.69 Å². The summed E-state index contributed by atoms with van der Waals surface area (Å²) < 4.78 is 0. The zero-order valence-corrected chi connectivity index (χ0v) is 10.5. The van der Waals surface area contributed by atoms with E-state index in [-0.39, 0.29) is 5.91 Å². The minimum atomic E-state index is -0.233. The van der Waals surface area contributed by atoms with Gasteiger partial charge in [-0.1, -0.05) is 11.6 Å². The lowest BCUT2D eigenvalue weighted by molar-refractivity contribution is 0.102. The number of nitrogens with one attached hydrogen (secondary N) is 2. The van der Waals surface area contributed by atoms with Gasteiger partial charge in [-0.15, -0.1) is 0 Å². The Hall–Kier alpha value is -2.40. The van der Waals surface area contributed by atoms with E-state index < -0.39 is 0 Å². The lowest BCUT2D eigenvalue weighted by atomic mass is 10.2. The topological polar surface area (TPSA) is 70.7 Å². The van der Waals surface area contributed by atoms with Gasteiger partial charge in [0.05, 0.1) is 17.3 Å². The van der Waals surface area contributed by atoms with Gasteiger partial charge in [-0.2, -0.15) is 5.10 Å². The summed E-state index contributed by atoms with van der Waals surface area (Å²) in [5.41, 5.74) is 2.01. The van der Waals surface area contributed by atoms with Crippen molar-refractivity contribution in [2.45, 2.75) is 0 Å². The fraction of sp³-hybridized carbons (Fsp3) is 0. The van der Waals surface area contributed by atoms with E-state index in [1.54, 1.807) is 18.3 Å². The van der Waals surface area contributed by atoms with Gasteiger partial charge in [0, 0.05) is 17.3 Å². The Morgan fingerprint density at radius 1 is 1.21 bits per heavy atom. The summed E-state index contributed by atoms with van der Waals surface area (Å²) >= 11 is 5.68. The maximum atomic E-state index is 12.0. The van der Waals surface area contributed by atoms with Gasteiger partial charge in [0.25, 0.3) is 5.91 Å². The Bertz CT molecular complexity index is 736. The number of benzene rings is 1. The highest BCUT2D eigenvalue weighted by Gasteiger charge is 2.07. The van der Waals surface area contributed by atoms with Crippen LogP contribution in [0.15, 0.2) is 42.7 Å². The van der Waals surface area contributed by atoms with Crippen LogP contribution in [0.5, 0.6) is 0 Å². The lowest BCUT2D eigenvalue weighted by Crippen LogP contribution is -2.11. The highest BCUT2D eigenvalue weighted by molar-refractivity contribution is 6.29. The minimum Gasteiger partial charge on any atom is -0.322 e. The average Bonchev–Trinajstić information content (AvgIpc) is 2.87. The minimum absolute atomic E-state index is 0.233. The number of hydrogen-bond donors (Lipinski definition) is 2. The van der Waals surface area contributed by atoms with Crippen molar-refractivity contribution in [3.63, 3.8) is 0 Å². The highest BCUT2D eigenvalue weighted by Crippen LogP contribution is 2.17. The van der Waals surface area contributed by atoms with Gasteiger partial charge in [-0.25, -0.2) is 4.98 Å². The number of carbonyl (C=O) groups excluding carboxylic acids is 1. The van der Waals surface area contributed by atoms with Crippen LogP contribution >= 0.6 is 11.6 Å². The molecule has 0 spiro atoms. The van der Waals surface area contributed by atoms with Crippen LogP contribution in [0, 0.1) is 0 Å². The Balaban J connectivity index is 1.83. The number of aromatic amines is 1. The van der Waals surface area contributed by atoms with E-state index in [2.05, 4.69) is 20.5 Å². The zero-order chi connectivity index (χ0) is 13.2. The fourth-order valence-electron chi connectivity index (χ4n) is 1.73. The molecule has 0 atom stereocenters. The second-order valence-corrected chi connectivity index (χ2v) is 4.38. The largest absolute Gasteiger partial charge is 0.322 e. The molecule has 0 fully saturated rings. The number of carbonyl (C=O) groups is 1. The van der Waals surface area contributed by atoms with Gasteiger partial charge in [0.15, 0.2) is 0 Å². The van der Waals surface area contributed by atoms with Crippen LogP contribution in [0.1, 0.15) is 10.4 Å². The van der Waals surface area contributed by atoms with Crippen LogP contribution in [-0.4, -0.2) is 21.1 Å². The normalized spacial score (nSPS) is 10.6. The van der Waals surface area contributed by atoms with E-state index in [4.69, 9.17) is 11.6 Å². The zero-order valence-electron chi connectivity index (χ0n) is 9.72. The summed E-state index contributed by atoms with van der Waals surface area (Å²) in [5.74, 6) is -0.233. The molecule has 0 aliphatic carbocycles. The highest BCUT2D eigenvalue weighted by atomic mass is 35.5.